The minimum Gasteiger partial charge on any atom is -0.383 e. The Morgan fingerprint density at radius 3 is 2.62 bits per heavy atom. The van der Waals surface area contributed by atoms with Gasteiger partial charge in [0.2, 0.25) is 0 Å². The lowest BCUT2D eigenvalue weighted by atomic mass is 10.1. The number of alkyl halides is 3. The number of nitrogens with two attached hydrogens (primary N) is 1. The zero-order chi connectivity index (χ0) is 15.2. The van der Waals surface area contributed by atoms with Crippen LogP contribution in [0.1, 0.15) is 11.1 Å². The lowest BCUT2D eigenvalue weighted by Crippen LogP contribution is -2.04. The topological polar surface area (TPSA) is 43.3 Å². The molecule has 0 aliphatic rings. The number of aryl methyl sites for hydroxylation is 1. The first-order valence-electron chi connectivity index (χ1n) is 6.28. The summed E-state index contributed by atoms with van der Waals surface area (Å²) in [6.07, 6.45) is -2.59. The van der Waals surface area contributed by atoms with E-state index in [0.29, 0.717) is 22.7 Å². The van der Waals surface area contributed by atoms with E-state index in [1.807, 2.05) is 13.0 Å². The van der Waals surface area contributed by atoms with E-state index in [1.165, 1.54) is 6.07 Å². The molecule has 0 atom stereocenters. The average Bonchev–Trinajstić information content (AvgIpc) is 2.75. The van der Waals surface area contributed by atoms with Crippen molar-refractivity contribution >= 4 is 11.5 Å². The number of rotatable bonds is 1. The lowest BCUT2D eigenvalue weighted by Gasteiger charge is -2.07. The molecule has 3 rings (SSSR count). The van der Waals surface area contributed by atoms with E-state index >= 15 is 0 Å². The molecule has 3 aromatic rings. The summed E-state index contributed by atoms with van der Waals surface area (Å²) in [6, 6.07) is 8.66. The first-order chi connectivity index (χ1) is 9.86. The fourth-order valence-corrected chi connectivity index (χ4v) is 2.22. The number of pyridine rings is 1. The van der Waals surface area contributed by atoms with Crippen molar-refractivity contribution in [3.8, 4) is 11.3 Å². The minimum absolute atomic E-state index is 0.327. The number of anilines is 1. The molecule has 2 heterocycles. The van der Waals surface area contributed by atoms with Gasteiger partial charge < -0.3 is 5.73 Å². The number of hydrogen-bond acceptors (Lipinski definition) is 2. The van der Waals surface area contributed by atoms with Gasteiger partial charge in [-0.2, -0.15) is 13.2 Å². The molecular formula is C15H12F3N3. The van der Waals surface area contributed by atoms with Crippen molar-refractivity contribution in [3.63, 3.8) is 0 Å². The molecular weight excluding hydrogens is 279 g/mol. The predicted octanol–water partition coefficient (Wildman–Crippen LogP) is 3.91. The molecule has 3 nitrogen and oxygen atoms in total. The molecule has 0 aliphatic heterocycles. The second kappa shape index (κ2) is 4.51. The molecule has 6 heteroatoms. The Morgan fingerprint density at radius 2 is 1.90 bits per heavy atom. The molecule has 1 aromatic carbocycles. The third-order valence-electron chi connectivity index (χ3n) is 3.27. The highest BCUT2D eigenvalue weighted by Crippen LogP contribution is 2.33. The van der Waals surface area contributed by atoms with Crippen LogP contribution >= 0.6 is 0 Å². The van der Waals surface area contributed by atoms with Crippen LogP contribution in [0.5, 0.6) is 0 Å². The van der Waals surface area contributed by atoms with Crippen LogP contribution in [0.25, 0.3) is 16.9 Å². The smallest absolute Gasteiger partial charge is 0.383 e. The molecule has 21 heavy (non-hydrogen) atoms. The van der Waals surface area contributed by atoms with Crippen molar-refractivity contribution in [2.24, 2.45) is 0 Å². The number of imidazole rings is 1. The maximum atomic E-state index is 12.8. The average molecular weight is 291 g/mol. The molecule has 2 aromatic heterocycles. The van der Waals surface area contributed by atoms with Gasteiger partial charge in [0.05, 0.1) is 5.56 Å². The van der Waals surface area contributed by atoms with Crippen LogP contribution in [0.2, 0.25) is 0 Å². The highest BCUT2D eigenvalue weighted by molar-refractivity contribution is 5.75. The fourth-order valence-electron chi connectivity index (χ4n) is 2.22. The summed E-state index contributed by atoms with van der Waals surface area (Å²) in [6.45, 7) is 1.91. The van der Waals surface area contributed by atoms with Crippen LogP contribution in [-0.2, 0) is 6.18 Å². The van der Waals surface area contributed by atoms with Gasteiger partial charge in [-0.3, -0.25) is 4.40 Å². The third kappa shape index (κ3) is 2.33. The maximum absolute atomic E-state index is 12.8. The number of hydrogen-bond donors (Lipinski definition) is 1. The summed E-state index contributed by atoms with van der Waals surface area (Å²) >= 11 is 0. The SMILES string of the molecule is Cc1ccc2nc(-c3cccc(C(F)(F)F)c3)c(N)n2c1. The van der Waals surface area contributed by atoms with Crippen molar-refractivity contribution in [1.29, 1.82) is 0 Å². The Bertz CT molecular complexity index is 819. The normalized spacial score (nSPS) is 12.0. The summed E-state index contributed by atoms with van der Waals surface area (Å²) < 4.78 is 40.0. The Morgan fingerprint density at radius 1 is 1.14 bits per heavy atom. The van der Waals surface area contributed by atoms with Gasteiger partial charge in [0.1, 0.15) is 17.2 Å². The second-order valence-corrected chi connectivity index (χ2v) is 4.86. The minimum atomic E-state index is -4.39. The van der Waals surface area contributed by atoms with Gasteiger partial charge >= 0.3 is 6.18 Å². The van der Waals surface area contributed by atoms with E-state index in [9.17, 15) is 13.2 Å². The number of nitrogens with zero attached hydrogens (tertiary/aromatic N) is 2. The molecule has 0 spiro atoms. The van der Waals surface area contributed by atoms with Crippen LogP contribution in [0.15, 0.2) is 42.6 Å². The standard InChI is InChI=1S/C15H12F3N3/c1-9-5-6-12-20-13(14(19)21(12)8-9)10-3-2-4-11(7-10)15(16,17)18/h2-8H,19H2,1H3. The van der Waals surface area contributed by atoms with Crippen molar-refractivity contribution < 1.29 is 13.2 Å². The predicted molar refractivity (Wildman–Crippen MR) is 74.8 cm³/mol. The first-order valence-corrected chi connectivity index (χ1v) is 6.28. The molecule has 0 bridgehead atoms. The number of fused-ring (bicyclic) bond motifs is 1. The number of halogens is 3. The monoisotopic (exact) mass is 291 g/mol. The van der Waals surface area contributed by atoms with Crippen LogP contribution in [0.3, 0.4) is 0 Å². The highest BCUT2D eigenvalue weighted by atomic mass is 19.4. The van der Waals surface area contributed by atoms with Crippen LogP contribution < -0.4 is 5.73 Å². The number of benzene rings is 1. The van der Waals surface area contributed by atoms with E-state index in [4.69, 9.17) is 5.73 Å². The van der Waals surface area contributed by atoms with Gasteiger partial charge in [-0.1, -0.05) is 18.2 Å². The molecule has 0 fully saturated rings. The zero-order valence-electron chi connectivity index (χ0n) is 11.1. The molecule has 0 saturated heterocycles. The van der Waals surface area contributed by atoms with Gasteiger partial charge in [0.25, 0.3) is 0 Å². The van der Waals surface area contributed by atoms with E-state index in [-0.39, 0.29) is 0 Å². The highest BCUT2D eigenvalue weighted by Gasteiger charge is 2.30. The number of nitrogen functional groups attached to an aromatic ring is 1. The summed E-state index contributed by atoms with van der Waals surface area (Å²) in [5.74, 6) is 0.327. The molecule has 2 N–H and O–H groups in total. The van der Waals surface area contributed by atoms with Gasteiger partial charge in [0.15, 0.2) is 0 Å². The molecule has 0 unspecified atom stereocenters. The van der Waals surface area contributed by atoms with E-state index in [0.717, 1.165) is 17.7 Å². The van der Waals surface area contributed by atoms with Crippen molar-refractivity contribution in [3.05, 3.63) is 53.7 Å². The van der Waals surface area contributed by atoms with Crippen LogP contribution in [-0.4, -0.2) is 9.38 Å². The van der Waals surface area contributed by atoms with Crippen molar-refractivity contribution in [2.45, 2.75) is 13.1 Å². The maximum Gasteiger partial charge on any atom is 0.416 e. The van der Waals surface area contributed by atoms with Crippen molar-refractivity contribution in [1.82, 2.24) is 9.38 Å². The molecule has 108 valence electrons. The Hall–Kier alpha value is -2.50. The summed E-state index contributed by atoms with van der Waals surface area (Å²) in [5, 5.41) is 0. The molecule has 0 aliphatic carbocycles. The fraction of sp³-hybridized carbons (Fsp3) is 0.133. The van der Waals surface area contributed by atoms with Gasteiger partial charge in [-0.15, -0.1) is 0 Å². The summed E-state index contributed by atoms with van der Waals surface area (Å²) in [4.78, 5) is 4.32. The molecule has 0 saturated carbocycles. The number of aromatic nitrogens is 2. The Kier molecular flexibility index (Phi) is 2.90. The molecule has 0 amide bonds. The second-order valence-electron chi connectivity index (χ2n) is 4.86. The van der Waals surface area contributed by atoms with E-state index in [2.05, 4.69) is 4.98 Å². The van der Waals surface area contributed by atoms with Crippen molar-refractivity contribution in [2.75, 3.05) is 5.73 Å². The van der Waals surface area contributed by atoms with Gasteiger partial charge in [0, 0.05) is 11.8 Å². The van der Waals surface area contributed by atoms with Gasteiger partial charge in [-0.25, -0.2) is 4.98 Å². The van der Waals surface area contributed by atoms with E-state index < -0.39 is 11.7 Å². The quantitative estimate of drug-likeness (QED) is 0.738. The first kappa shape index (κ1) is 13.5. The van der Waals surface area contributed by atoms with Crippen LogP contribution in [0, 0.1) is 6.92 Å². The third-order valence-corrected chi connectivity index (χ3v) is 3.27. The zero-order valence-corrected chi connectivity index (χ0v) is 11.1. The van der Waals surface area contributed by atoms with Crippen LogP contribution in [0.4, 0.5) is 19.0 Å². The largest absolute Gasteiger partial charge is 0.416 e. The summed E-state index contributed by atoms with van der Waals surface area (Å²) in [7, 11) is 0. The molecule has 0 radical (unpaired) electrons. The van der Waals surface area contributed by atoms with Gasteiger partial charge in [-0.05, 0) is 30.7 Å². The summed E-state index contributed by atoms with van der Waals surface area (Å²) in [5.41, 5.74) is 7.60. The van der Waals surface area contributed by atoms with E-state index in [1.54, 1.807) is 22.7 Å². The Balaban J connectivity index is 2.19. The lowest BCUT2D eigenvalue weighted by molar-refractivity contribution is -0.137. The Labute approximate surface area is 118 Å².